The van der Waals surface area contributed by atoms with Gasteiger partial charge in [0.2, 0.25) is 0 Å². The molecule has 142 valence electrons. The Labute approximate surface area is 156 Å². The molecular weight excluding hydrogens is 352 g/mol. The molecule has 4 aliphatic heterocycles. The number of fused-ring (bicyclic) bond motifs is 2. The monoisotopic (exact) mass is 373 g/mol. The maximum atomic E-state index is 13.9. The smallest absolute Gasteiger partial charge is 0.276 e. The highest BCUT2D eigenvalue weighted by Gasteiger charge is 2.55. The van der Waals surface area contributed by atoms with Crippen LogP contribution in [0.2, 0.25) is 0 Å². The molecule has 4 saturated heterocycles. The van der Waals surface area contributed by atoms with Crippen LogP contribution >= 0.6 is 0 Å². The molecule has 6 rings (SSSR count). The van der Waals surface area contributed by atoms with E-state index in [4.69, 9.17) is 4.42 Å². The zero-order valence-corrected chi connectivity index (χ0v) is 15.1. The second-order valence-corrected chi connectivity index (χ2v) is 7.88. The van der Waals surface area contributed by atoms with E-state index in [9.17, 15) is 13.6 Å². The van der Waals surface area contributed by atoms with E-state index >= 15 is 0 Å². The predicted octanol–water partition coefficient (Wildman–Crippen LogP) is 2.96. The van der Waals surface area contributed by atoms with Gasteiger partial charge in [0.1, 0.15) is 17.4 Å². The molecule has 0 N–H and O–H groups in total. The fraction of sp³-hybridized carbons (Fsp3) is 0.500. The van der Waals surface area contributed by atoms with Crippen LogP contribution < -0.4 is 0 Å². The number of carbonyl (C=O) groups is 1. The first-order chi connectivity index (χ1) is 13.0. The van der Waals surface area contributed by atoms with Crippen LogP contribution in [0.15, 0.2) is 29.0 Å². The number of hydrogen-bond donors (Lipinski definition) is 0. The second kappa shape index (κ2) is 6.12. The summed E-state index contributed by atoms with van der Waals surface area (Å²) in [4.78, 5) is 21.6. The van der Waals surface area contributed by atoms with Crippen molar-refractivity contribution in [2.45, 2.75) is 37.8 Å². The third-order valence-corrected chi connectivity index (χ3v) is 6.52. The standard InChI is InChI=1S/C20H21F2N3O2/c1-11-17(23-10-27-11)20(26)25-9-16(13-6-14(21)8-15(22)7-13)19-18(25)12-2-4-24(19)5-3-12/h6-8,10,12,16,18-19H,2-5,9H2,1H3/t16-,18-,19-/m1/s1. The van der Waals surface area contributed by atoms with E-state index in [1.54, 1.807) is 6.92 Å². The van der Waals surface area contributed by atoms with Crippen molar-refractivity contribution in [3.63, 3.8) is 0 Å². The average molecular weight is 373 g/mol. The predicted molar refractivity (Wildman–Crippen MR) is 93.2 cm³/mol. The topological polar surface area (TPSA) is 49.6 Å². The fourth-order valence-electron chi connectivity index (χ4n) is 5.38. The lowest BCUT2D eigenvalue weighted by Crippen LogP contribution is -2.60. The molecule has 2 bridgehead atoms. The van der Waals surface area contributed by atoms with Crippen molar-refractivity contribution in [1.82, 2.24) is 14.8 Å². The molecular formula is C20H21F2N3O2. The van der Waals surface area contributed by atoms with Crippen molar-refractivity contribution < 1.29 is 18.0 Å². The van der Waals surface area contributed by atoms with Gasteiger partial charge in [-0.1, -0.05) is 0 Å². The molecule has 4 aliphatic rings. The Bertz CT molecular complexity index is 871. The molecule has 3 atom stereocenters. The van der Waals surface area contributed by atoms with Crippen molar-refractivity contribution in [3.8, 4) is 0 Å². The van der Waals surface area contributed by atoms with Gasteiger partial charge in [0, 0.05) is 24.6 Å². The third kappa shape index (κ3) is 2.59. The van der Waals surface area contributed by atoms with Crippen molar-refractivity contribution in [3.05, 3.63) is 53.2 Å². The Morgan fingerprint density at radius 1 is 1.15 bits per heavy atom. The summed E-state index contributed by atoms with van der Waals surface area (Å²) in [5, 5.41) is 0. The van der Waals surface area contributed by atoms with Gasteiger partial charge in [-0.25, -0.2) is 13.8 Å². The van der Waals surface area contributed by atoms with E-state index in [1.807, 2.05) is 4.90 Å². The highest BCUT2D eigenvalue weighted by molar-refractivity contribution is 5.93. The van der Waals surface area contributed by atoms with Crippen LogP contribution in [0.3, 0.4) is 0 Å². The molecule has 5 heterocycles. The number of amides is 1. The molecule has 0 saturated carbocycles. The van der Waals surface area contributed by atoms with Crippen LogP contribution in [0.5, 0.6) is 0 Å². The van der Waals surface area contributed by atoms with Crippen molar-refractivity contribution in [2.75, 3.05) is 19.6 Å². The van der Waals surface area contributed by atoms with Gasteiger partial charge in [-0.05, 0) is 56.5 Å². The summed E-state index contributed by atoms with van der Waals surface area (Å²) in [5.41, 5.74) is 0.957. The quantitative estimate of drug-likeness (QED) is 0.812. The minimum Gasteiger partial charge on any atom is -0.448 e. The summed E-state index contributed by atoms with van der Waals surface area (Å²) in [5.74, 6) is -0.495. The van der Waals surface area contributed by atoms with Crippen LogP contribution in [0.1, 0.15) is 40.6 Å². The minimum absolute atomic E-state index is 0.0485. The van der Waals surface area contributed by atoms with Gasteiger partial charge in [0.15, 0.2) is 12.1 Å². The van der Waals surface area contributed by atoms with Crippen molar-refractivity contribution in [1.29, 1.82) is 0 Å². The third-order valence-electron chi connectivity index (χ3n) is 6.52. The van der Waals surface area contributed by atoms with Crippen LogP contribution in [0.25, 0.3) is 0 Å². The number of aromatic nitrogens is 1. The molecule has 1 aromatic carbocycles. The van der Waals surface area contributed by atoms with Gasteiger partial charge in [0.25, 0.3) is 5.91 Å². The Balaban J connectivity index is 1.56. The SMILES string of the molecule is Cc1ocnc1C(=O)N1C[C@H](c2cc(F)cc(F)c2)[C@@H]2[C@H]1C1CCN2CC1. The maximum absolute atomic E-state index is 13.9. The summed E-state index contributed by atoms with van der Waals surface area (Å²) in [6, 6.07) is 3.85. The van der Waals surface area contributed by atoms with E-state index in [0.29, 0.717) is 29.5 Å². The van der Waals surface area contributed by atoms with Gasteiger partial charge >= 0.3 is 0 Å². The minimum atomic E-state index is -0.574. The maximum Gasteiger partial charge on any atom is 0.276 e. The molecule has 0 aliphatic carbocycles. The molecule has 0 spiro atoms. The Morgan fingerprint density at radius 2 is 1.85 bits per heavy atom. The number of halogens is 2. The van der Waals surface area contributed by atoms with Crippen LogP contribution in [-0.4, -0.2) is 52.4 Å². The fourth-order valence-corrected chi connectivity index (χ4v) is 5.38. The lowest BCUT2D eigenvalue weighted by Gasteiger charge is -2.51. The van der Waals surface area contributed by atoms with Gasteiger partial charge in [-0.15, -0.1) is 0 Å². The van der Waals surface area contributed by atoms with E-state index < -0.39 is 11.6 Å². The first-order valence-corrected chi connectivity index (χ1v) is 9.44. The van der Waals surface area contributed by atoms with Gasteiger partial charge in [-0.3, -0.25) is 9.69 Å². The summed E-state index contributed by atoms with van der Waals surface area (Å²) in [7, 11) is 0. The number of likely N-dealkylation sites (tertiary alicyclic amines) is 1. The molecule has 27 heavy (non-hydrogen) atoms. The van der Waals surface area contributed by atoms with E-state index in [0.717, 1.165) is 32.0 Å². The van der Waals surface area contributed by atoms with Crippen LogP contribution in [-0.2, 0) is 0 Å². The first-order valence-electron chi connectivity index (χ1n) is 9.44. The summed E-state index contributed by atoms with van der Waals surface area (Å²) >= 11 is 0. The lowest BCUT2D eigenvalue weighted by molar-refractivity contribution is -0.00364. The van der Waals surface area contributed by atoms with Gasteiger partial charge in [-0.2, -0.15) is 0 Å². The molecule has 7 heteroatoms. The molecule has 1 amide bonds. The van der Waals surface area contributed by atoms with Crippen LogP contribution in [0.4, 0.5) is 8.78 Å². The number of piperidine rings is 3. The first kappa shape index (κ1) is 16.9. The number of aryl methyl sites for hydroxylation is 1. The van der Waals surface area contributed by atoms with Crippen molar-refractivity contribution >= 4 is 5.91 Å². The number of nitrogens with zero attached hydrogens (tertiary/aromatic N) is 3. The Kier molecular flexibility index (Phi) is 3.82. The number of rotatable bonds is 2. The summed E-state index contributed by atoms with van der Waals surface area (Å²) in [6.07, 6.45) is 3.38. The Hall–Kier alpha value is -2.28. The number of hydrogen-bond acceptors (Lipinski definition) is 4. The Morgan fingerprint density at radius 3 is 2.48 bits per heavy atom. The van der Waals surface area contributed by atoms with E-state index in [2.05, 4.69) is 9.88 Å². The number of oxazole rings is 1. The second-order valence-electron chi connectivity index (χ2n) is 7.88. The van der Waals surface area contributed by atoms with E-state index in [-0.39, 0.29) is 23.9 Å². The van der Waals surface area contributed by atoms with Gasteiger partial charge < -0.3 is 9.32 Å². The van der Waals surface area contributed by atoms with Crippen LogP contribution in [0, 0.1) is 24.5 Å². The zero-order chi connectivity index (χ0) is 18.7. The molecule has 0 unspecified atom stereocenters. The highest BCUT2D eigenvalue weighted by atomic mass is 19.1. The number of carbonyl (C=O) groups excluding carboxylic acids is 1. The largest absolute Gasteiger partial charge is 0.448 e. The number of benzene rings is 1. The normalized spacial score (nSPS) is 32.0. The molecule has 1 aromatic heterocycles. The molecule has 4 fully saturated rings. The van der Waals surface area contributed by atoms with E-state index in [1.165, 1.54) is 18.5 Å². The van der Waals surface area contributed by atoms with Crippen molar-refractivity contribution in [2.24, 2.45) is 5.92 Å². The zero-order valence-electron chi connectivity index (χ0n) is 15.1. The molecule has 5 nitrogen and oxygen atoms in total. The van der Waals surface area contributed by atoms with Gasteiger partial charge in [0.05, 0.1) is 6.04 Å². The molecule has 0 radical (unpaired) electrons. The lowest BCUT2D eigenvalue weighted by atomic mass is 9.75. The summed E-state index contributed by atoms with van der Waals surface area (Å²) < 4.78 is 33.0. The highest BCUT2D eigenvalue weighted by Crippen LogP contribution is 2.47. The summed E-state index contributed by atoms with van der Waals surface area (Å²) in [6.45, 7) is 4.12. The average Bonchev–Trinajstić information content (AvgIpc) is 3.26. The molecule has 2 aromatic rings.